The van der Waals surface area contributed by atoms with E-state index in [1.807, 2.05) is 27.7 Å². The number of hydrogen-bond acceptors (Lipinski definition) is 3. The van der Waals surface area contributed by atoms with Gasteiger partial charge < -0.3 is 14.7 Å². The second-order valence-electron chi connectivity index (χ2n) is 5.38. The Hall–Kier alpha value is -0.770. The molecule has 1 aliphatic rings. The van der Waals surface area contributed by atoms with Gasteiger partial charge in [-0.1, -0.05) is 6.92 Å². The molecule has 4 nitrogen and oxygen atoms in total. The van der Waals surface area contributed by atoms with Gasteiger partial charge in [-0.2, -0.15) is 0 Å². The number of nitrogens with zero attached hydrogens (tertiary/aromatic N) is 1. The monoisotopic (exact) mass is 215 g/mol. The van der Waals surface area contributed by atoms with E-state index in [0.717, 1.165) is 6.42 Å². The Morgan fingerprint density at radius 2 is 2.00 bits per heavy atom. The molecule has 1 fully saturated rings. The van der Waals surface area contributed by atoms with Gasteiger partial charge in [0.1, 0.15) is 5.60 Å². The number of rotatable bonds is 0. The topological polar surface area (TPSA) is 49.8 Å². The van der Waals surface area contributed by atoms with Crippen LogP contribution in [0.3, 0.4) is 0 Å². The maximum absolute atomic E-state index is 11.7. The first-order valence-corrected chi connectivity index (χ1v) is 5.44. The molecule has 1 aliphatic heterocycles. The third-order valence-corrected chi connectivity index (χ3v) is 2.29. The standard InChI is InChI=1S/C11H21NO3/c1-8-5-9(13)7-12(6-8)10(14)15-11(2,3)4/h8-9,13H,5-7H2,1-4H3/t8-,9-/m0/s1. The van der Waals surface area contributed by atoms with Gasteiger partial charge in [-0.15, -0.1) is 0 Å². The highest BCUT2D eigenvalue weighted by Gasteiger charge is 2.29. The number of aliphatic hydroxyl groups is 1. The van der Waals surface area contributed by atoms with Crippen LogP contribution in [0.25, 0.3) is 0 Å². The van der Waals surface area contributed by atoms with Crippen molar-refractivity contribution in [1.29, 1.82) is 0 Å². The second-order valence-corrected chi connectivity index (χ2v) is 5.38. The molecule has 0 saturated carbocycles. The summed E-state index contributed by atoms with van der Waals surface area (Å²) in [6, 6.07) is 0. The van der Waals surface area contributed by atoms with Crippen molar-refractivity contribution >= 4 is 6.09 Å². The van der Waals surface area contributed by atoms with Crippen molar-refractivity contribution in [2.24, 2.45) is 5.92 Å². The van der Waals surface area contributed by atoms with E-state index >= 15 is 0 Å². The summed E-state index contributed by atoms with van der Waals surface area (Å²) in [7, 11) is 0. The van der Waals surface area contributed by atoms with Crippen LogP contribution >= 0.6 is 0 Å². The summed E-state index contributed by atoms with van der Waals surface area (Å²) in [6.45, 7) is 8.61. The molecule has 0 aliphatic carbocycles. The SMILES string of the molecule is C[C@H]1C[C@H](O)CN(C(=O)OC(C)(C)C)C1. The average Bonchev–Trinajstić information content (AvgIpc) is 1.98. The molecule has 0 aromatic rings. The fourth-order valence-electron chi connectivity index (χ4n) is 1.79. The smallest absolute Gasteiger partial charge is 0.410 e. The molecule has 1 N–H and O–H groups in total. The fourth-order valence-corrected chi connectivity index (χ4v) is 1.79. The normalized spacial score (nSPS) is 27.7. The van der Waals surface area contributed by atoms with E-state index < -0.39 is 11.7 Å². The fraction of sp³-hybridized carbons (Fsp3) is 0.909. The molecule has 0 aromatic heterocycles. The van der Waals surface area contributed by atoms with E-state index in [9.17, 15) is 9.90 Å². The molecule has 0 unspecified atom stereocenters. The number of likely N-dealkylation sites (tertiary alicyclic amines) is 1. The van der Waals surface area contributed by atoms with E-state index in [1.54, 1.807) is 4.90 Å². The first kappa shape index (κ1) is 12.3. The van der Waals surface area contributed by atoms with Gasteiger partial charge in [0.25, 0.3) is 0 Å². The number of ether oxygens (including phenoxy) is 1. The molecule has 1 amide bonds. The quantitative estimate of drug-likeness (QED) is 0.668. The number of amides is 1. The minimum absolute atomic E-state index is 0.326. The van der Waals surface area contributed by atoms with Crippen molar-refractivity contribution < 1.29 is 14.6 Å². The molecule has 2 atom stereocenters. The van der Waals surface area contributed by atoms with Crippen molar-refractivity contribution in [2.45, 2.75) is 45.8 Å². The third-order valence-electron chi connectivity index (χ3n) is 2.29. The van der Waals surface area contributed by atoms with Gasteiger partial charge in [-0.05, 0) is 33.1 Å². The lowest BCUT2D eigenvalue weighted by molar-refractivity contribution is -0.00539. The highest BCUT2D eigenvalue weighted by atomic mass is 16.6. The number of aliphatic hydroxyl groups excluding tert-OH is 1. The minimum Gasteiger partial charge on any atom is -0.444 e. The van der Waals surface area contributed by atoms with Gasteiger partial charge in [-0.25, -0.2) is 4.79 Å². The third kappa shape index (κ3) is 4.08. The Kier molecular flexibility index (Phi) is 3.60. The molecule has 0 aromatic carbocycles. The molecule has 1 rings (SSSR count). The van der Waals surface area contributed by atoms with Gasteiger partial charge in [0.05, 0.1) is 6.10 Å². The average molecular weight is 215 g/mol. The van der Waals surface area contributed by atoms with Gasteiger partial charge >= 0.3 is 6.09 Å². The molecule has 1 saturated heterocycles. The number of carbonyl (C=O) groups is 1. The number of β-amino-alcohol motifs (C(OH)–C–C–N with tert-alkyl or cyclic N) is 1. The lowest BCUT2D eigenvalue weighted by Gasteiger charge is -2.35. The number of piperidine rings is 1. The molecular weight excluding hydrogens is 194 g/mol. The van der Waals surface area contributed by atoms with Crippen LogP contribution in [0.4, 0.5) is 4.79 Å². The summed E-state index contributed by atoms with van der Waals surface area (Å²) in [4.78, 5) is 13.3. The second kappa shape index (κ2) is 4.39. The van der Waals surface area contributed by atoms with Gasteiger partial charge in [0, 0.05) is 13.1 Å². The maximum Gasteiger partial charge on any atom is 0.410 e. The van der Waals surface area contributed by atoms with Crippen LogP contribution in [0.1, 0.15) is 34.1 Å². The molecular formula is C11H21NO3. The Morgan fingerprint density at radius 1 is 1.40 bits per heavy atom. The van der Waals surface area contributed by atoms with Crippen molar-refractivity contribution in [1.82, 2.24) is 4.90 Å². The van der Waals surface area contributed by atoms with Gasteiger partial charge in [0.15, 0.2) is 0 Å². The summed E-state index contributed by atoms with van der Waals surface area (Å²) in [5.74, 6) is 0.335. The summed E-state index contributed by atoms with van der Waals surface area (Å²) in [6.07, 6.45) is 0.0219. The van der Waals surface area contributed by atoms with E-state index in [0.29, 0.717) is 19.0 Å². The van der Waals surface area contributed by atoms with Crippen LogP contribution in [0.15, 0.2) is 0 Å². The van der Waals surface area contributed by atoms with Crippen molar-refractivity contribution in [3.63, 3.8) is 0 Å². The van der Waals surface area contributed by atoms with Gasteiger partial charge in [0.2, 0.25) is 0 Å². The minimum atomic E-state index is -0.470. The zero-order valence-electron chi connectivity index (χ0n) is 9.99. The van der Waals surface area contributed by atoms with Crippen LogP contribution in [-0.4, -0.2) is 40.9 Å². The number of carbonyl (C=O) groups excluding carboxylic acids is 1. The van der Waals surface area contributed by atoms with Gasteiger partial charge in [-0.3, -0.25) is 0 Å². The van der Waals surface area contributed by atoms with Crippen LogP contribution < -0.4 is 0 Å². The Labute approximate surface area is 91.2 Å². The van der Waals surface area contributed by atoms with Crippen molar-refractivity contribution in [3.05, 3.63) is 0 Å². The predicted octanol–water partition coefficient (Wildman–Crippen LogP) is 1.62. The van der Waals surface area contributed by atoms with E-state index in [1.165, 1.54) is 0 Å². The summed E-state index contributed by atoms with van der Waals surface area (Å²) in [5.41, 5.74) is -0.470. The molecule has 0 spiro atoms. The Bertz CT molecular complexity index is 224. The lowest BCUT2D eigenvalue weighted by Crippen LogP contribution is -2.47. The Balaban J connectivity index is 2.52. The summed E-state index contributed by atoms with van der Waals surface area (Å²) < 4.78 is 5.25. The first-order valence-electron chi connectivity index (χ1n) is 5.44. The molecule has 1 heterocycles. The molecule has 15 heavy (non-hydrogen) atoms. The van der Waals surface area contributed by atoms with Crippen LogP contribution in [0.2, 0.25) is 0 Å². The maximum atomic E-state index is 11.7. The number of hydrogen-bond donors (Lipinski definition) is 1. The predicted molar refractivity (Wildman–Crippen MR) is 57.6 cm³/mol. The molecule has 0 radical (unpaired) electrons. The summed E-state index contributed by atoms with van der Waals surface area (Å²) in [5, 5.41) is 9.55. The Morgan fingerprint density at radius 3 is 2.47 bits per heavy atom. The highest BCUT2D eigenvalue weighted by molar-refractivity contribution is 5.68. The van der Waals surface area contributed by atoms with E-state index in [4.69, 9.17) is 4.74 Å². The zero-order chi connectivity index (χ0) is 11.6. The molecule has 4 heteroatoms. The van der Waals surface area contributed by atoms with Crippen molar-refractivity contribution in [3.8, 4) is 0 Å². The first-order chi connectivity index (χ1) is 6.78. The van der Waals surface area contributed by atoms with E-state index in [2.05, 4.69) is 0 Å². The zero-order valence-corrected chi connectivity index (χ0v) is 9.99. The largest absolute Gasteiger partial charge is 0.444 e. The lowest BCUT2D eigenvalue weighted by atomic mass is 9.98. The van der Waals surface area contributed by atoms with Crippen LogP contribution in [-0.2, 0) is 4.74 Å². The summed E-state index contributed by atoms with van der Waals surface area (Å²) >= 11 is 0. The van der Waals surface area contributed by atoms with Crippen LogP contribution in [0.5, 0.6) is 0 Å². The molecule has 88 valence electrons. The van der Waals surface area contributed by atoms with Crippen molar-refractivity contribution in [2.75, 3.05) is 13.1 Å². The highest BCUT2D eigenvalue weighted by Crippen LogP contribution is 2.18. The molecule has 0 bridgehead atoms. The van der Waals surface area contributed by atoms with E-state index in [-0.39, 0.29) is 6.09 Å². The van der Waals surface area contributed by atoms with Crippen LogP contribution in [0, 0.1) is 5.92 Å².